The van der Waals surface area contributed by atoms with Gasteiger partial charge < -0.3 is 5.11 Å². The molecule has 0 radical (unpaired) electrons. The minimum atomic E-state index is -0.490. The molecule has 0 aromatic carbocycles. The fourth-order valence-electron chi connectivity index (χ4n) is 3.66. The van der Waals surface area contributed by atoms with Gasteiger partial charge in [-0.2, -0.15) is 0 Å². The summed E-state index contributed by atoms with van der Waals surface area (Å²) in [5, 5.41) is 14.2. The van der Waals surface area contributed by atoms with E-state index in [-0.39, 0.29) is 12.0 Å². The number of hydrogen-bond donors (Lipinski definition) is 2. The molecule has 0 saturated carbocycles. The molecule has 0 amide bonds. The van der Waals surface area contributed by atoms with Crippen LogP contribution in [0.3, 0.4) is 0 Å². The molecule has 0 bridgehead atoms. The fraction of sp³-hybridized carbons (Fsp3) is 0.524. The Morgan fingerprint density at radius 1 is 1.30 bits per heavy atom. The van der Waals surface area contributed by atoms with Gasteiger partial charge in [0.05, 0.1) is 0 Å². The summed E-state index contributed by atoms with van der Waals surface area (Å²) >= 11 is 0. The van der Waals surface area contributed by atoms with Crippen molar-refractivity contribution in [2.24, 2.45) is 11.8 Å². The monoisotopic (exact) mass is 313 g/mol. The molecule has 0 fully saturated rings. The maximum absolute atomic E-state index is 10.7. The van der Waals surface area contributed by atoms with Crippen LogP contribution in [0.1, 0.15) is 47.0 Å². The highest BCUT2D eigenvalue weighted by Crippen LogP contribution is 2.30. The quantitative estimate of drug-likeness (QED) is 0.552. The lowest BCUT2D eigenvalue weighted by Gasteiger charge is -2.31. The van der Waals surface area contributed by atoms with Crippen LogP contribution in [0.4, 0.5) is 0 Å². The molecule has 0 aromatic heterocycles. The second-order valence-electron chi connectivity index (χ2n) is 6.64. The molecule has 4 atom stereocenters. The van der Waals surface area contributed by atoms with Crippen LogP contribution in [-0.4, -0.2) is 17.4 Å². The second kappa shape index (κ2) is 8.47. The zero-order valence-electron chi connectivity index (χ0n) is 14.9. The van der Waals surface area contributed by atoms with Gasteiger partial charge in [0.25, 0.3) is 0 Å². The lowest BCUT2D eigenvalue weighted by atomic mass is 9.84. The van der Waals surface area contributed by atoms with Gasteiger partial charge >= 0.3 is 0 Å². The Hall–Kier alpha value is -1.38. The van der Waals surface area contributed by atoms with Gasteiger partial charge in [-0.1, -0.05) is 67.5 Å². The zero-order valence-corrected chi connectivity index (χ0v) is 14.9. The highest BCUT2D eigenvalue weighted by Gasteiger charge is 2.26. The van der Waals surface area contributed by atoms with E-state index < -0.39 is 6.23 Å². The largest absolute Gasteiger partial charge is 0.378 e. The van der Waals surface area contributed by atoms with Gasteiger partial charge in [0.2, 0.25) is 0 Å². The summed E-state index contributed by atoms with van der Waals surface area (Å²) in [7, 11) is 0. The number of hydrogen-bond acceptors (Lipinski definition) is 2. The molecule has 0 aromatic rings. The van der Waals surface area contributed by atoms with E-state index in [1.807, 2.05) is 0 Å². The van der Waals surface area contributed by atoms with Crippen LogP contribution < -0.4 is 5.32 Å². The first kappa shape index (κ1) is 18.0. The first-order chi connectivity index (χ1) is 11.1. The predicted molar refractivity (Wildman–Crippen MR) is 99.0 cm³/mol. The average Bonchev–Trinajstić information content (AvgIpc) is 2.55. The van der Waals surface area contributed by atoms with Crippen molar-refractivity contribution < 1.29 is 5.11 Å². The Bertz CT molecular complexity index is 550. The first-order valence-corrected chi connectivity index (χ1v) is 8.88. The van der Waals surface area contributed by atoms with Gasteiger partial charge in [-0.15, -0.1) is 0 Å². The van der Waals surface area contributed by atoms with Crippen LogP contribution in [0.5, 0.6) is 0 Å². The van der Waals surface area contributed by atoms with E-state index >= 15 is 0 Å². The van der Waals surface area contributed by atoms with E-state index in [0.717, 1.165) is 19.3 Å². The number of aliphatic hydroxyl groups is 1. The molecular weight excluding hydrogens is 282 g/mol. The normalized spacial score (nSPS) is 27.4. The number of allylic oxidation sites excluding steroid dienone is 7. The molecule has 2 aliphatic carbocycles. The van der Waals surface area contributed by atoms with Crippen molar-refractivity contribution in [1.29, 1.82) is 0 Å². The molecule has 126 valence electrons. The highest BCUT2D eigenvalue weighted by atomic mass is 16.3. The summed E-state index contributed by atoms with van der Waals surface area (Å²) in [6.07, 6.45) is 17.7. The van der Waals surface area contributed by atoms with Crippen molar-refractivity contribution in [1.82, 2.24) is 5.32 Å². The Balaban J connectivity index is 2.04. The summed E-state index contributed by atoms with van der Waals surface area (Å²) < 4.78 is 0. The molecule has 2 rings (SSSR count). The first-order valence-electron chi connectivity index (χ1n) is 8.88. The minimum Gasteiger partial charge on any atom is -0.378 e. The van der Waals surface area contributed by atoms with Crippen LogP contribution in [-0.2, 0) is 0 Å². The smallest absolute Gasteiger partial charge is 0.112 e. The van der Waals surface area contributed by atoms with Gasteiger partial charge in [0.1, 0.15) is 6.23 Å². The third-order valence-corrected chi connectivity index (χ3v) is 4.96. The molecule has 0 aliphatic heterocycles. The van der Waals surface area contributed by atoms with Gasteiger partial charge in [0, 0.05) is 12.0 Å². The fourth-order valence-corrected chi connectivity index (χ4v) is 3.66. The van der Waals surface area contributed by atoms with Gasteiger partial charge in [-0.25, -0.2) is 0 Å². The van der Waals surface area contributed by atoms with Crippen molar-refractivity contribution in [2.45, 2.75) is 59.2 Å². The topological polar surface area (TPSA) is 32.3 Å². The van der Waals surface area contributed by atoms with E-state index in [2.05, 4.69) is 75.5 Å². The van der Waals surface area contributed by atoms with Gasteiger partial charge in [0.15, 0.2) is 0 Å². The van der Waals surface area contributed by atoms with Crippen LogP contribution in [0.25, 0.3) is 0 Å². The van der Waals surface area contributed by atoms with Crippen LogP contribution >= 0.6 is 0 Å². The predicted octanol–water partition coefficient (Wildman–Crippen LogP) is 4.66. The molecule has 1 unspecified atom stereocenters. The Labute approximate surface area is 141 Å². The molecule has 2 N–H and O–H groups in total. The van der Waals surface area contributed by atoms with Crippen LogP contribution in [0, 0.1) is 11.8 Å². The Morgan fingerprint density at radius 2 is 2.04 bits per heavy atom. The molecule has 2 heteroatoms. The highest BCUT2D eigenvalue weighted by molar-refractivity contribution is 5.32. The van der Waals surface area contributed by atoms with Crippen molar-refractivity contribution in [2.75, 3.05) is 0 Å². The van der Waals surface area contributed by atoms with E-state index in [0.29, 0.717) is 5.92 Å². The number of rotatable bonds is 6. The van der Waals surface area contributed by atoms with E-state index in [1.54, 1.807) is 0 Å². The summed E-state index contributed by atoms with van der Waals surface area (Å²) in [6.45, 7) is 8.59. The average molecular weight is 313 g/mol. The number of aliphatic hydroxyl groups excluding tert-OH is 1. The van der Waals surface area contributed by atoms with Crippen molar-refractivity contribution in [3.05, 3.63) is 59.3 Å². The van der Waals surface area contributed by atoms with Gasteiger partial charge in [-0.3, -0.25) is 5.32 Å². The number of nitrogens with one attached hydrogen (secondary N) is 1. The SMILES string of the molecule is C/C=C/[C@H](C)C1=CC(N[C@@H](O)[C@@H]2CC=CC(C)=C2CC)CC=C1. The van der Waals surface area contributed by atoms with E-state index in [9.17, 15) is 5.11 Å². The molecule has 0 heterocycles. The molecule has 0 spiro atoms. The lowest BCUT2D eigenvalue weighted by molar-refractivity contribution is 0.0817. The summed E-state index contributed by atoms with van der Waals surface area (Å²) in [6, 6.07) is 0.210. The van der Waals surface area contributed by atoms with E-state index in [4.69, 9.17) is 0 Å². The second-order valence-corrected chi connectivity index (χ2v) is 6.64. The van der Waals surface area contributed by atoms with Crippen LogP contribution in [0.2, 0.25) is 0 Å². The minimum absolute atomic E-state index is 0.195. The van der Waals surface area contributed by atoms with Crippen molar-refractivity contribution in [3.63, 3.8) is 0 Å². The molecular formula is C21H31NO. The van der Waals surface area contributed by atoms with E-state index in [1.165, 1.54) is 16.7 Å². The van der Waals surface area contributed by atoms with Gasteiger partial charge in [-0.05, 0) is 44.6 Å². The third-order valence-electron chi connectivity index (χ3n) is 4.96. The maximum atomic E-state index is 10.7. The molecule has 0 saturated heterocycles. The summed E-state index contributed by atoms with van der Waals surface area (Å²) in [5.41, 5.74) is 4.02. The molecule has 23 heavy (non-hydrogen) atoms. The van der Waals surface area contributed by atoms with Crippen molar-refractivity contribution in [3.8, 4) is 0 Å². The van der Waals surface area contributed by atoms with Crippen LogP contribution in [0.15, 0.2) is 59.3 Å². The van der Waals surface area contributed by atoms with Crippen molar-refractivity contribution >= 4 is 0 Å². The molecule has 2 aliphatic rings. The Morgan fingerprint density at radius 3 is 2.74 bits per heavy atom. The summed E-state index contributed by atoms with van der Waals surface area (Å²) in [4.78, 5) is 0. The standard InChI is InChI=1S/C21H31NO/c1-5-9-15(3)17-11-8-12-18(14-17)22-21(23)20-13-7-10-16(4)19(20)6-2/h5,7-11,14-15,18,20-23H,6,12-13H2,1-4H3/b9-5+/t15-,18?,20+,21-/m0/s1. The summed E-state index contributed by atoms with van der Waals surface area (Å²) in [5.74, 6) is 0.615. The zero-order chi connectivity index (χ0) is 16.8. The third kappa shape index (κ3) is 4.55. The maximum Gasteiger partial charge on any atom is 0.112 e. The molecule has 2 nitrogen and oxygen atoms in total. The Kier molecular flexibility index (Phi) is 6.61. The lowest BCUT2D eigenvalue weighted by Crippen LogP contribution is -2.43.